The van der Waals surface area contributed by atoms with Crippen LogP contribution < -0.4 is 0 Å². The van der Waals surface area contributed by atoms with Gasteiger partial charge in [0.15, 0.2) is 0 Å². The number of rotatable bonds is 2. The number of halogens is 1. The summed E-state index contributed by atoms with van der Waals surface area (Å²) in [5, 5.41) is 0. The second-order valence-corrected chi connectivity index (χ2v) is 4.56. The Morgan fingerprint density at radius 3 is 2.68 bits per heavy atom. The van der Waals surface area contributed by atoms with Gasteiger partial charge in [0.2, 0.25) is 0 Å². The molecule has 2 aromatic rings. The van der Waals surface area contributed by atoms with E-state index in [4.69, 9.17) is 0 Å². The van der Waals surface area contributed by atoms with Crippen LogP contribution in [-0.4, -0.2) is 17.2 Å². The first-order chi connectivity index (χ1) is 9.24. The standard InChI is InChI=1S/C16H13FN2/c1-11-7-15(19-10-14(11)17)13-8-16(18-9-13)12-5-3-2-4-6-12/h2-8,10H,9H2,1H3. The Bertz CT molecular complexity index is 672. The average Bonchev–Trinajstić information content (AvgIpc) is 2.93. The van der Waals surface area contributed by atoms with Crippen molar-refractivity contribution in [2.45, 2.75) is 6.92 Å². The molecule has 3 rings (SSSR count). The molecule has 2 heterocycles. The third kappa shape index (κ3) is 2.32. The van der Waals surface area contributed by atoms with Crippen LogP contribution in [0, 0.1) is 12.7 Å². The van der Waals surface area contributed by atoms with E-state index in [0.717, 1.165) is 22.5 Å². The molecule has 1 aliphatic heterocycles. The van der Waals surface area contributed by atoms with Crippen LogP contribution in [-0.2, 0) is 0 Å². The Hall–Kier alpha value is -2.29. The quantitative estimate of drug-likeness (QED) is 0.804. The molecule has 0 unspecified atom stereocenters. The minimum Gasteiger partial charge on any atom is -0.280 e. The highest BCUT2D eigenvalue weighted by molar-refractivity contribution is 6.14. The second kappa shape index (κ2) is 4.76. The smallest absolute Gasteiger partial charge is 0.144 e. The van der Waals surface area contributed by atoms with Gasteiger partial charge in [-0.3, -0.25) is 9.98 Å². The summed E-state index contributed by atoms with van der Waals surface area (Å²) in [5.41, 5.74) is 4.49. The van der Waals surface area contributed by atoms with E-state index < -0.39 is 0 Å². The molecule has 0 amide bonds. The minimum absolute atomic E-state index is 0.272. The van der Waals surface area contributed by atoms with Crippen LogP contribution >= 0.6 is 0 Å². The van der Waals surface area contributed by atoms with Crippen LogP contribution in [0.5, 0.6) is 0 Å². The Balaban J connectivity index is 1.91. The molecule has 1 aromatic carbocycles. The molecule has 0 aliphatic carbocycles. The predicted octanol–water partition coefficient (Wildman–Crippen LogP) is 3.42. The molecular weight excluding hydrogens is 239 g/mol. The van der Waals surface area contributed by atoms with Crippen LogP contribution in [0.15, 0.2) is 53.7 Å². The van der Waals surface area contributed by atoms with Crippen LogP contribution in [0.3, 0.4) is 0 Å². The lowest BCUT2D eigenvalue weighted by Crippen LogP contribution is -1.94. The molecule has 1 aromatic heterocycles. The summed E-state index contributed by atoms with van der Waals surface area (Å²) in [6.45, 7) is 2.34. The molecule has 19 heavy (non-hydrogen) atoms. The van der Waals surface area contributed by atoms with Crippen molar-refractivity contribution in [1.82, 2.24) is 4.98 Å². The van der Waals surface area contributed by atoms with Crippen molar-refractivity contribution in [3.05, 3.63) is 71.3 Å². The first kappa shape index (κ1) is 11.8. The summed E-state index contributed by atoms with van der Waals surface area (Å²) in [6.07, 6.45) is 3.29. The van der Waals surface area contributed by atoms with Crippen molar-refractivity contribution >= 4 is 11.3 Å². The highest BCUT2D eigenvalue weighted by Gasteiger charge is 2.13. The number of allylic oxidation sites excluding steroid dienone is 1. The monoisotopic (exact) mass is 252 g/mol. The Labute approximate surface area is 111 Å². The Morgan fingerprint density at radius 2 is 1.95 bits per heavy atom. The van der Waals surface area contributed by atoms with Gasteiger partial charge in [0, 0.05) is 5.57 Å². The molecule has 0 spiro atoms. The summed E-state index contributed by atoms with van der Waals surface area (Å²) < 4.78 is 13.2. The van der Waals surface area contributed by atoms with Crippen molar-refractivity contribution in [3.8, 4) is 0 Å². The van der Waals surface area contributed by atoms with Crippen LogP contribution in [0.25, 0.3) is 5.57 Å². The van der Waals surface area contributed by atoms with Crippen molar-refractivity contribution < 1.29 is 4.39 Å². The van der Waals surface area contributed by atoms with Crippen LogP contribution in [0.4, 0.5) is 4.39 Å². The Kier molecular flexibility index (Phi) is 2.95. The molecule has 0 saturated carbocycles. The number of hydrogen-bond donors (Lipinski definition) is 0. The van der Waals surface area contributed by atoms with Gasteiger partial charge in [0.05, 0.1) is 24.1 Å². The molecule has 0 atom stereocenters. The topological polar surface area (TPSA) is 25.2 Å². The molecule has 0 N–H and O–H groups in total. The molecule has 0 radical (unpaired) electrons. The third-order valence-electron chi connectivity index (χ3n) is 3.18. The summed E-state index contributed by atoms with van der Waals surface area (Å²) in [5.74, 6) is -0.272. The van der Waals surface area contributed by atoms with Crippen LogP contribution in [0.1, 0.15) is 16.8 Å². The maximum Gasteiger partial charge on any atom is 0.144 e. The van der Waals surface area contributed by atoms with Crippen molar-refractivity contribution in [2.24, 2.45) is 4.99 Å². The minimum atomic E-state index is -0.272. The number of nitrogens with zero attached hydrogens (tertiary/aromatic N) is 2. The fourth-order valence-electron chi connectivity index (χ4n) is 2.08. The van der Waals surface area contributed by atoms with E-state index in [1.54, 1.807) is 13.0 Å². The van der Waals surface area contributed by atoms with E-state index in [9.17, 15) is 4.39 Å². The summed E-state index contributed by atoms with van der Waals surface area (Å²) in [7, 11) is 0. The second-order valence-electron chi connectivity index (χ2n) is 4.56. The SMILES string of the molecule is Cc1cc(C2=CC(c3ccccc3)=NC2)ncc1F. The zero-order chi connectivity index (χ0) is 13.2. The van der Waals surface area contributed by atoms with E-state index in [1.165, 1.54) is 6.20 Å². The highest BCUT2D eigenvalue weighted by atomic mass is 19.1. The molecule has 0 saturated heterocycles. The summed E-state index contributed by atoms with van der Waals surface area (Å²) in [6, 6.07) is 11.8. The normalized spacial score (nSPS) is 14.2. The lowest BCUT2D eigenvalue weighted by atomic mass is 10.1. The van der Waals surface area contributed by atoms with Gasteiger partial charge in [-0.05, 0) is 30.2 Å². The maximum absolute atomic E-state index is 13.2. The van der Waals surface area contributed by atoms with Crippen molar-refractivity contribution in [2.75, 3.05) is 6.54 Å². The largest absolute Gasteiger partial charge is 0.280 e. The van der Waals surface area contributed by atoms with Gasteiger partial charge >= 0.3 is 0 Å². The zero-order valence-electron chi connectivity index (χ0n) is 10.6. The number of benzene rings is 1. The number of aliphatic imine (C=N–C) groups is 1. The first-order valence-electron chi connectivity index (χ1n) is 6.17. The number of aromatic nitrogens is 1. The maximum atomic E-state index is 13.2. The van der Waals surface area contributed by atoms with Gasteiger partial charge in [-0.25, -0.2) is 4.39 Å². The lowest BCUT2D eigenvalue weighted by molar-refractivity contribution is 0.611. The Morgan fingerprint density at radius 1 is 1.16 bits per heavy atom. The van der Waals surface area contributed by atoms with Gasteiger partial charge in [-0.1, -0.05) is 30.3 Å². The van der Waals surface area contributed by atoms with Gasteiger partial charge in [0.1, 0.15) is 5.82 Å². The molecule has 1 aliphatic rings. The van der Waals surface area contributed by atoms with Gasteiger partial charge < -0.3 is 0 Å². The van der Waals surface area contributed by atoms with Crippen molar-refractivity contribution in [3.63, 3.8) is 0 Å². The third-order valence-corrected chi connectivity index (χ3v) is 3.18. The average molecular weight is 252 g/mol. The summed E-state index contributed by atoms with van der Waals surface area (Å²) >= 11 is 0. The molecule has 0 fully saturated rings. The molecule has 3 heteroatoms. The number of pyridine rings is 1. The molecular formula is C16H13FN2. The van der Waals surface area contributed by atoms with Gasteiger partial charge in [0.25, 0.3) is 0 Å². The molecule has 94 valence electrons. The van der Waals surface area contributed by atoms with E-state index in [2.05, 4.69) is 9.98 Å². The van der Waals surface area contributed by atoms with Gasteiger partial charge in [-0.15, -0.1) is 0 Å². The van der Waals surface area contributed by atoms with E-state index in [1.807, 2.05) is 36.4 Å². The fraction of sp³-hybridized carbons (Fsp3) is 0.125. The van der Waals surface area contributed by atoms with E-state index in [0.29, 0.717) is 12.1 Å². The van der Waals surface area contributed by atoms with E-state index in [-0.39, 0.29) is 5.82 Å². The fourth-order valence-corrected chi connectivity index (χ4v) is 2.08. The highest BCUT2D eigenvalue weighted by Crippen LogP contribution is 2.21. The number of hydrogen-bond acceptors (Lipinski definition) is 2. The summed E-state index contributed by atoms with van der Waals surface area (Å²) in [4.78, 5) is 8.64. The van der Waals surface area contributed by atoms with E-state index >= 15 is 0 Å². The van der Waals surface area contributed by atoms with Crippen molar-refractivity contribution in [1.29, 1.82) is 0 Å². The number of aryl methyl sites for hydroxylation is 1. The lowest BCUT2D eigenvalue weighted by Gasteiger charge is -2.02. The zero-order valence-corrected chi connectivity index (χ0v) is 10.6. The van der Waals surface area contributed by atoms with Crippen LogP contribution in [0.2, 0.25) is 0 Å². The molecule has 0 bridgehead atoms. The predicted molar refractivity (Wildman–Crippen MR) is 74.8 cm³/mol. The molecule has 2 nitrogen and oxygen atoms in total. The van der Waals surface area contributed by atoms with Gasteiger partial charge in [-0.2, -0.15) is 0 Å². The first-order valence-corrected chi connectivity index (χ1v) is 6.17.